The van der Waals surface area contributed by atoms with Gasteiger partial charge in [-0.3, -0.25) is 4.99 Å². The first-order valence-electron chi connectivity index (χ1n) is 12.5. The first-order chi connectivity index (χ1) is 17.3. The van der Waals surface area contributed by atoms with Gasteiger partial charge in [-0.1, -0.05) is 91.4 Å². The van der Waals surface area contributed by atoms with Gasteiger partial charge in [0.25, 0.3) is 0 Å². The highest BCUT2D eigenvalue weighted by Gasteiger charge is 2.28. The Labute approximate surface area is 211 Å². The summed E-state index contributed by atoms with van der Waals surface area (Å²) in [6.45, 7) is 2.40. The largest absolute Gasteiger partial charge is 0.269 e. The SMILES string of the molecule is C1=Cc2sccc2CC=N1.CC1Cc2c(ccc3ccccc23)C2=C1CC(c1ccccc1)C=C2. The van der Waals surface area contributed by atoms with Crippen LogP contribution in [0.1, 0.15) is 46.4 Å². The second kappa shape index (κ2) is 9.64. The molecule has 0 saturated carbocycles. The maximum Gasteiger partial charge on any atom is 0.0321 e. The number of hydrogen-bond acceptors (Lipinski definition) is 2. The zero-order valence-corrected chi connectivity index (χ0v) is 20.8. The predicted octanol–water partition coefficient (Wildman–Crippen LogP) is 8.88. The quantitative estimate of drug-likeness (QED) is 0.263. The lowest BCUT2D eigenvalue weighted by Gasteiger charge is -2.33. The van der Waals surface area contributed by atoms with E-state index in [2.05, 4.69) is 108 Å². The summed E-state index contributed by atoms with van der Waals surface area (Å²) in [5.41, 5.74) is 8.93. The summed E-state index contributed by atoms with van der Waals surface area (Å²) in [4.78, 5) is 5.40. The Hall–Kier alpha value is -3.49. The topological polar surface area (TPSA) is 12.4 Å². The van der Waals surface area contributed by atoms with Gasteiger partial charge in [0.15, 0.2) is 0 Å². The van der Waals surface area contributed by atoms with Crippen LogP contribution in [-0.2, 0) is 12.8 Å². The number of fused-ring (bicyclic) bond motifs is 5. The molecule has 0 N–H and O–H groups in total. The molecule has 35 heavy (non-hydrogen) atoms. The fourth-order valence-electron chi connectivity index (χ4n) is 5.62. The third-order valence-electron chi connectivity index (χ3n) is 7.45. The van der Waals surface area contributed by atoms with Crippen molar-refractivity contribution in [1.29, 1.82) is 0 Å². The van der Waals surface area contributed by atoms with Crippen molar-refractivity contribution in [3.8, 4) is 0 Å². The van der Waals surface area contributed by atoms with Crippen LogP contribution in [0.15, 0.2) is 107 Å². The number of benzene rings is 3. The molecule has 2 aliphatic carbocycles. The smallest absolute Gasteiger partial charge is 0.0321 e. The van der Waals surface area contributed by atoms with Gasteiger partial charge in [-0.05, 0) is 74.9 Å². The zero-order valence-electron chi connectivity index (χ0n) is 20.0. The van der Waals surface area contributed by atoms with E-state index in [-0.39, 0.29) is 0 Å². The minimum atomic E-state index is 0.518. The first kappa shape index (κ1) is 22.0. The Bertz CT molecular complexity index is 1480. The van der Waals surface area contributed by atoms with Crippen molar-refractivity contribution in [1.82, 2.24) is 0 Å². The Balaban J connectivity index is 0.000000191. The van der Waals surface area contributed by atoms with E-state index in [1.54, 1.807) is 16.9 Å². The monoisotopic (exact) mass is 471 g/mol. The molecule has 2 heterocycles. The van der Waals surface area contributed by atoms with Crippen molar-refractivity contribution < 1.29 is 0 Å². The maximum atomic E-state index is 4.06. The van der Waals surface area contributed by atoms with Gasteiger partial charge in [0, 0.05) is 29.6 Å². The van der Waals surface area contributed by atoms with Crippen molar-refractivity contribution in [3.63, 3.8) is 0 Å². The maximum absolute atomic E-state index is 4.06. The summed E-state index contributed by atoms with van der Waals surface area (Å²) in [7, 11) is 0. The van der Waals surface area contributed by atoms with E-state index in [0.717, 1.165) is 19.3 Å². The molecule has 1 aromatic heterocycles. The Morgan fingerprint density at radius 3 is 2.63 bits per heavy atom. The standard InChI is InChI=1S/C25H22.C8H7NS/c1-17-15-25-21-10-6-5-9-19(21)11-13-23(25)22-14-12-20(16-24(17)22)18-7-3-2-4-8-18;1-4-9-5-2-8-7(1)3-6-10-8/h2-14,17,20H,15-16H2,1H3;2-6H,1H2. The van der Waals surface area contributed by atoms with Crippen LogP contribution in [0.2, 0.25) is 0 Å². The van der Waals surface area contributed by atoms with E-state index in [9.17, 15) is 0 Å². The summed E-state index contributed by atoms with van der Waals surface area (Å²) in [5.74, 6) is 1.13. The molecular weight excluding hydrogens is 442 g/mol. The molecule has 1 aliphatic heterocycles. The van der Waals surface area contributed by atoms with Gasteiger partial charge in [0.05, 0.1) is 0 Å². The minimum absolute atomic E-state index is 0.518. The molecule has 0 fully saturated rings. The number of allylic oxidation sites excluding steroid dienone is 4. The summed E-state index contributed by atoms with van der Waals surface area (Å²) in [6.07, 6.45) is 13.9. The lowest BCUT2D eigenvalue weighted by atomic mass is 9.71. The van der Waals surface area contributed by atoms with E-state index in [1.165, 1.54) is 43.5 Å². The summed E-state index contributed by atoms with van der Waals surface area (Å²) >= 11 is 1.77. The molecule has 2 unspecified atom stereocenters. The van der Waals surface area contributed by atoms with Crippen LogP contribution in [0.4, 0.5) is 0 Å². The van der Waals surface area contributed by atoms with Gasteiger partial charge in [-0.15, -0.1) is 11.3 Å². The number of thiophene rings is 1. The van der Waals surface area contributed by atoms with Gasteiger partial charge >= 0.3 is 0 Å². The van der Waals surface area contributed by atoms with Crippen LogP contribution < -0.4 is 0 Å². The van der Waals surface area contributed by atoms with Crippen LogP contribution in [0, 0.1) is 5.92 Å². The normalized spacial score (nSPS) is 19.9. The van der Waals surface area contributed by atoms with Crippen molar-refractivity contribution in [3.05, 3.63) is 129 Å². The van der Waals surface area contributed by atoms with E-state index < -0.39 is 0 Å². The average molecular weight is 472 g/mol. The third-order valence-corrected chi connectivity index (χ3v) is 8.38. The molecule has 3 aromatic carbocycles. The van der Waals surface area contributed by atoms with Crippen LogP contribution in [0.5, 0.6) is 0 Å². The summed E-state index contributed by atoms with van der Waals surface area (Å²) in [5, 5.41) is 4.91. The number of hydrogen-bond donors (Lipinski definition) is 0. The lowest BCUT2D eigenvalue weighted by molar-refractivity contribution is 0.614. The van der Waals surface area contributed by atoms with Gasteiger partial charge in [-0.2, -0.15) is 0 Å². The second-order valence-corrected chi connectivity index (χ2v) is 10.5. The molecular formula is C33H29NS. The Morgan fingerprint density at radius 1 is 0.857 bits per heavy atom. The molecule has 0 spiro atoms. The van der Waals surface area contributed by atoms with Crippen LogP contribution in [0.3, 0.4) is 0 Å². The fourth-order valence-corrected chi connectivity index (χ4v) is 6.44. The van der Waals surface area contributed by atoms with E-state index in [1.807, 2.05) is 12.4 Å². The molecule has 4 aromatic rings. The van der Waals surface area contributed by atoms with Crippen molar-refractivity contribution in [2.24, 2.45) is 10.9 Å². The molecule has 1 nitrogen and oxygen atoms in total. The zero-order chi connectivity index (χ0) is 23.6. The lowest BCUT2D eigenvalue weighted by Crippen LogP contribution is -2.18. The average Bonchev–Trinajstić information content (AvgIpc) is 3.25. The Kier molecular flexibility index (Phi) is 6.06. The number of aliphatic imine (C=N–C) groups is 1. The van der Waals surface area contributed by atoms with E-state index >= 15 is 0 Å². The second-order valence-electron chi connectivity index (χ2n) is 9.60. The van der Waals surface area contributed by atoms with Crippen LogP contribution >= 0.6 is 11.3 Å². The van der Waals surface area contributed by atoms with Crippen molar-refractivity contribution >= 4 is 40.0 Å². The highest BCUT2D eigenvalue weighted by molar-refractivity contribution is 7.11. The third kappa shape index (κ3) is 4.35. The Morgan fingerprint density at radius 2 is 1.71 bits per heavy atom. The molecule has 0 bridgehead atoms. The highest BCUT2D eigenvalue weighted by atomic mass is 32.1. The summed E-state index contributed by atoms with van der Waals surface area (Å²) in [6, 6.07) is 26.5. The van der Waals surface area contributed by atoms with Gasteiger partial charge in [0.1, 0.15) is 0 Å². The predicted molar refractivity (Wildman–Crippen MR) is 152 cm³/mol. The van der Waals surface area contributed by atoms with Gasteiger partial charge in [-0.25, -0.2) is 0 Å². The van der Waals surface area contributed by atoms with Gasteiger partial charge in [0.2, 0.25) is 0 Å². The minimum Gasteiger partial charge on any atom is -0.269 e. The molecule has 0 radical (unpaired) electrons. The molecule has 0 amide bonds. The molecule has 7 rings (SSSR count). The van der Waals surface area contributed by atoms with E-state index in [0.29, 0.717) is 11.8 Å². The first-order valence-corrected chi connectivity index (χ1v) is 13.4. The van der Waals surface area contributed by atoms with Crippen molar-refractivity contribution in [2.45, 2.75) is 32.1 Å². The number of rotatable bonds is 1. The molecule has 3 aliphatic rings. The molecule has 172 valence electrons. The highest BCUT2D eigenvalue weighted by Crippen LogP contribution is 2.45. The molecule has 0 saturated heterocycles. The molecule has 2 heteroatoms. The van der Waals surface area contributed by atoms with E-state index in [4.69, 9.17) is 0 Å². The van der Waals surface area contributed by atoms with Gasteiger partial charge < -0.3 is 0 Å². The van der Waals surface area contributed by atoms with Crippen LogP contribution in [0.25, 0.3) is 22.4 Å². The summed E-state index contributed by atoms with van der Waals surface area (Å²) < 4.78 is 0. The number of nitrogens with zero attached hydrogens (tertiary/aromatic N) is 1. The van der Waals surface area contributed by atoms with Crippen LogP contribution in [-0.4, -0.2) is 6.21 Å². The molecule has 2 atom stereocenters. The van der Waals surface area contributed by atoms with Crippen molar-refractivity contribution in [2.75, 3.05) is 0 Å². The fraction of sp³-hybridized carbons (Fsp3) is 0.182.